The molecule has 1 unspecified atom stereocenters. The molecule has 4 rings (SSSR count). The molecule has 0 bridgehead atoms. The topological polar surface area (TPSA) is 88.8 Å². The van der Waals surface area contributed by atoms with Crippen molar-refractivity contribution in [1.82, 2.24) is 20.0 Å². The van der Waals surface area contributed by atoms with Crippen molar-refractivity contribution < 1.29 is 18.7 Å². The average Bonchev–Trinajstić information content (AvgIpc) is 3.33. The second kappa shape index (κ2) is 10.8. The molecule has 1 aliphatic rings. The molecule has 178 valence electrons. The van der Waals surface area contributed by atoms with Gasteiger partial charge in [0.1, 0.15) is 6.04 Å². The zero-order valence-electron chi connectivity index (χ0n) is 19.2. The number of hydrogen-bond donors (Lipinski definition) is 0. The summed E-state index contributed by atoms with van der Waals surface area (Å²) < 4.78 is 10.8. The first-order valence-corrected chi connectivity index (χ1v) is 11.6. The van der Waals surface area contributed by atoms with Gasteiger partial charge in [-0.2, -0.15) is 0 Å². The number of carbonyl (C=O) groups excluding carboxylic acids is 2. The quantitative estimate of drug-likeness (QED) is 0.474. The van der Waals surface area contributed by atoms with Crippen LogP contribution in [0, 0.1) is 6.92 Å². The molecule has 3 aromatic rings. The SMILES string of the molecule is COC(=O)C(c1ccccc1Cl)N1CCN(C(=O)CCc2nnc(-c3ccc(C)cc3)o2)CC1. The number of esters is 1. The van der Waals surface area contributed by atoms with E-state index in [9.17, 15) is 9.59 Å². The van der Waals surface area contributed by atoms with E-state index in [0.29, 0.717) is 55.0 Å². The third-order valence-corrected chi connectivity index (χ3v) is 6.32. The number of ether oxygens (including phenoxy) is 1. The van der Waals surface area contributed by atoms with Crippen molar-refractivity contribution in [3.8, 4) is 11.5 Å². The Morgan fingerprint density at radius 2 is 1.76 bits per heavy atom. The Bertz CT molecular complexity index is 1140. The number of amides is 1. The molecular formula is C25H27ClN4O4. The summed E-state index contributed by atoms with van der Waals surface area (Å²) in [5.41, 5.74) is 2.71. The number of hydrogen-bond acceptors (Lipinski definition) is 7. The summed E-state index contributed by atoms with van der Waals surface area (Å²) in [7, 11) is 1.37. The van der Waals surface area contributed by atoms with Crippen LogP contribution < -0.4 is 0 Å². The molecule has 1 atom stereocenters. The Hall–Kier alpha value is -3.23. The third kappa shape index (κ3) is 5.46. The van der Waals surface area contributed by atoms with Gasteiger partial charge in [-0.1, -0.05) is 47.5 Å². The maximum atomic E-state index is 12.8. The fourth-order valence-corrected chi connectivity index (χ4v) is 4.29. The number of carbonyl (C=O) groups is 2. The highest BCUT2D eigenvalue weighted by Crippen LogP contribution is 2.29. The molecule has 1 saturated heterocycles. The van der Waals surface area contributed by atoms with Crippen LogP contribution in [0.4, 0.5) is 0 Å². The van der Waals surface area contributed by atoms with Gasteiger partial charge in [0.15, 0.2) is 0 Å². The van der Waals surface area contributed by atoms with Crippen molar-refractivity contribution in [2.75, 3.05) is 33.3 Å². The molecule has 8 nitrogen and oxygen atoms in total. The van der Waals surface area contributed by atoms with Crippen molar-refractivity contribution in [1.29, 1.82) is 0 Å². The van der Waals surface area contributed by atoms with E-state index in [1.807, 2.05) is 54.3 Å². The van der Waals surface area contributed by atoms with Crippen LogP contribution in [-0.4, -0.2) is 65.2 Å². The highest BCUT2D eigenvalue weighted by Gasteiger charge is 2.33. The molecule has 34 heavy (non-hydrogen) atoms. The largest absolute Gasteiger partial charge is 0.468 e. The number of nitrogens with zero attached hydrogens (tertiary/aromatic N) is 4. The maximum absolute atomic E-state index is 12.8. The zero-order valence-corrected chi connectivity index (χ0v) is 20.0. The van der Waals surface area contributed by atoms with Crippen molar-refractivity contribution in [3.05, 3.63) is 70.6 Å². The van der Waals surface area contributed by atoms with E-state index in [-0.39, 0.29) is 18.3 Å². The smallest absolute Gasteiger partial charge is 0.327 e. The second-order valence-electron chi connectivity index (χ2n) is 8.23. The van der Waals surface area contributed by atoms with Gasteiger partial charge in [-0.25, -0.2) is 4.79 Å². The summed E-state index contributed by atoms with van der Waals surface area (Å²) in [5, 5.41) is 8.69. The van der Waals surface area contributed by atoms with Crippen molar-refractivity contribution in [2.45, 2.75) is 25.8 Å². The summed E-state index contributed by atoms with van der Waals surface area (Å²) >= 11 is 6.35. The fraction of sp³-hybridized carbons (Fsp3) is 0.360. The third-order valence-electron chi connectivity index (χ3n) is 5.97. The monoisotopic (exact) mass is 482 g/mol. The van der Waals surface area contributed by atoms with Crippen molar-refractivity contribution in [2.24, 2.45) is 0 Å². The minimum absolute atomic E-state index is 0.0158. The molecular weight excluding hydrogens is 456 g/mol. The van der Waals surface area contributed by atoms with Gasteiger partial charge in [-0.3, -0.25) is 9.69 Å². The molecule has 0 radical (unpaired) electrons. The zero-order chi connectivity index (χ0) is 24.1. The minimum Gasteiger partial charge on any atom is -0.468 e. The number of aromatic nitrogens is 2. The first-order chi connectivity index (χ1) is 16.5. The Morgan fingerprint density at radius 1 is 1.06 bits per heavy atom. The summed E-state index contributed by atoms with van der Waals surface area (Å²) in [5.74, 6) is 0.535. The normalized spacial score (nSPS) is 15.2. The number of rotatable bonds is 7. The van der Waals surface area contributed by atoms with Crippen LogP contribution in [-0.2, 0) is 20.7 Å². The standard InChI is InChI=1S/C25H27ClN4O4/c1-17-7-9-18(10-8-17)24-28-27-21(34-24)11-12-22(31)29-13-15-30(16-14-29)23(25(32)33-2)19-5-3-4-6-20(19)26/h3-10,23H,11-16H2,1-2H3. The van der Waals surface area contributed by atoms with Gasteiger partial charge in [0.05, 0.1) is 7.11 Å². The van der Waals surface area contributed by atoms with Gasteiger partial charge in [0.2, 0.25) is 17.7 Å². The summed E-state index contributed by atoms with van der Waals surface area (Å²) in [6, 6.07) is 14.5. The average molecular weight is 483 g/mol. The number of methoxy groups -OCH3 is 1. The van der Waals surface area contributed by atoms with Gasteiger partial charge in [-0.05, 0) is 30.7 Å². The lowest BCUT2D eigenvalue weighted by Crippen LogP contribution is -2.51. The molecule has 1 fully saturated rings. The molecule has 0 spiro atoms. The Morgan fingerprint density at radius 3 is 2.44 bits per heavy atom. The lowest BCUT2D eigenvalue weighted by atomic mass is 10.0. The lowest BCUT2D eigenvalue weighted by Gasteiger charge is -2.38. The van der Waals surface area contributed by atoms with E-state index < -0.39 is 6.04 Å². The molecule has 0 aliphatic carbocycles. The van der Waals surface area contributed by atoms with Gasteiger partial charge in [0, 0.05) is 49.6 Å². The predicted octanol–water partition coefficient (Wildman–Crippen LogP) is 3.69. The van der Waals surface area contributed by atoms with Crippen molar-refractivity contribution >= 4 is 23.5 Å². The number of halogens is 1. The second-order valence-corrected chi connectivity index (χ2v) is 8.64. The van der Waals surface area contributed by atoms with Crippen LogP contribution >= 0.6 is 11.6 Å². The molecule has 1 aromatic heterocycles. The fourth-order valence-electron chi connectivity index (χ4n) is 4.05. The highest BCUT2D eigenvalue weighted by atomic mass is 35.5. The number of benzene rings is 2. The van der Waals surface area contributed by atoms with E-state index >= 15 is 0 Å². The summed E-state index contributed by atoms with van der Waals surface area (Å²) in [6.45, 7) is 4.11. The number of aryl methyl sites for hydroxylation is 2. The molecule has 0 saturated carbocycles. The van der Waals surface area contributed by atoms with Crippen LogP contribution in [0.5, 0.6) is 0 Å². The van der Waals surface area contributed by atoms with Gasteiger partial charge in [-0.15, -0.1) is 10.2 Å². The van der Waals surface area contributed by atoms with Crippen LogP contribution in [0.25, 0.3) is 11.5 Å². The van der Waals surface area contributed by atoms with Crippen LogP contribution in [0.1, 0.15) is 29.5 Å². The molecule has 9 heteroatoms. The van der Waals surface area contributed by atoms with Crippen LogP contribution in [0.15, 0.2) is 52.9 Å². The highest BCUT2D eigenvalue weighted by molar-refractivity contribution is 6.31. The van der Waals surface area contributed by atoms with Gasteiger partial charge < -0.3 is 14.1 Å². The summed E-state index contributed by atoms with van der Waals surface area (Å²) in [4.78, 5) is 29.1. The molecule has 2 aromatic carbocycles. The molecule has 0 N–H and O–H groups in total. The molecule has 2 heterocycles. The summed E-state index contributed by atoms with van der Waals surface area (Å²) in [6.07, 6.45) is 0.656. The van der Waals surface area contributed by atoms with E-state index in [1.54, 1.807) is 11.0 Å². The predicted molar refractivity (Wildman–Crippen MR) is 127 cm³/mol. The maximum Gasteiger partial charge on any atom is 0.327 e. The van der Waals surface area contributed by atoms with Crippen molar-refractivity contribution in [3.63, 3.8) is 0 Å². The van der Waals surface area contributed by atoms with Gasteiger partial charge >= 0.3 is 5.97 Å². The Balaban J connectivity index is 1.32. The Kier molecular flexibility index (Phi) is 7.59. The minimum atomic E-state index is -0.602. The number of piperazine rings is 1. The molecule has 1 amide bonds. The first kappa shape index (κ1) is 23.9. The van der Waals surface area contributed by atoms with E-state index in [0.717, 1.165) is 11.1 Å². The van der Waals surface area contributed by atoms with Gasteiger partial charge in [0.25, 0.3) is 0 Å². The Labute approximate surface area is 203 Å². The lowest BCUT2D eigenvalue weighted by molar-refractivity contribution is -0.148. The first-order valence-electron chi connectivity index (χ1n) is 11.2. The molecule has 1 aliphatic heterocycles. The van der Waals surface area contributed by atoms with E-state index in [2.05, 4.69) is 10.2 Å². The van der Waals surface area contributed by atoms with Crippen LogP contribution in [0.2, 0.25) is 5.02 Å². The van der Waals surface area contributed by atoms with E-state index in [4.69, 9.17) is 20.8 Å². The van der Waals surface area contributed by atoms with E-state index in [1.165, 1.54) is 7.11 Å². The van der Waals surface area contributed by atoms with Crippen LogP contribution in [0.3, 0.4) is 0 Å².